The summed E-state index contributed by atoms with van der Waals surface area (Å²) in [7, 11) is 4.46. The lowest BCUT2D eigenvalue weighted by molar-refractivity contribution is -0.952. The Morgan fingerprint density at radius 1 is 1.11 bits per heavy atom. The third kappa shape index (κ3) is 2.78. The molecular formula is C33H42NO4+. The van der Waals surface area contributed by atoms with Crippen molar-refractivity contribution in [3.05, 3.63) is 58.7 Å². The molecule has 2 heterocycles. The molecule has 9 rings (SSSR count). The number of ether oxygens (including phenoxy) is 3. The van der Waals surface area contributed by atoms with E-state index in [4.69, 9.17) is 14.2 Å². The summed E-state index contributed by atoms with van der Waals surface area (Å²) in [5.74, 6) is 2.24. The molecule has 5 heteroatoms. The number of likely N-dealkylation sites (tertiary alicyclic amines) is 1. The predicted molar refractivity (Wildman–Crippen MR) is 145 cm³/mol. The fourth-order valence-electron chi connectivity index (χ4n) is 10.5. The van der Waals surface area contributed by atoms with Gasteiger partial charge in [0.05, 0.1) is 44.8 Å². The molecule has 38 heavy (non-hydrogen) atoms. The van der Waals surface area contributed by atoms with Gasteiger partial charge in [-0.05, 0) is 61.8 Å². The van der Waals surface area contributed by atoms with Crippen molar-refractivity contribution in [2.24, 2.45) is 17.3 Å². The van der Waals surface area contributed by atoms with Crippen molar-refractivity contribution in [3.63, 3.8) is 0 Å². The molecule has 2 aromatic rings. The van der Waals surface area contributed by atoms with Crippen molar-refractivity contribution in [2.45, 2.75) is 81.6 Å². The standard InChI is InChI=1S/C33H41NO4/c1-21-6-4-5-7-24(21)19-37-20-25-17-31-12-13-33(25,36-3)30-32(31)14-15-34(2,18-22-8-9-22)27(31)16-23-10-11-26(35)29(38-30)28(23)32/h4-7,10-11,22,25,27,30H,8-9,12-20H2,1-3H3/p+1/t25-,27-,30-,31-,32+,33-,34?/m1/s1. The van der Waals surface area contributed by atoms with Gasteiger partial charge in [0.1, 0.15) is 11.7 Å². The number of fused-ring (bicyclic) bond motifs is 2. The molecule has 1 N–H and O–H groups in total. The van der Waals surface area contributed by atoms with Gasteiger partial charge in [-0.25, -0.2) is 0 Å². The fraction of sp³-hybridized carbons (Fsp3) is 0.636. The van der Waals surface area contributed by atoms with Crippen LogP contribution >= 0.6 is 0 Å². The molecule has 1 unspecified atom stereocenters. The van der Waals surface area contributed by atoms with Crippen LogP contribution in [0.2, 0.25) is 0 Å². The molecular weight excluding hydrogens is 474 g/mol. The van der Waals surface area contributed by atoms with Crippen molar-refractivity contribution < 1.29 is 23.8 Å². The van der Waals surface area contributed by atoms with Crippen LogP contribution in [-0.2, 0) is 27.9 Å². The van der Waals surface area contributed by atoms with Gasteiger partial charge < -0.3 is 23.8 Å². The summed E-state index contributed by atoms with van der Waals surface area (Å²) in [5.41, 5.74) is 5.00. The SMILES string of the molecule is CO[C@]12CC[C@@]3(C[C@@H]1COCc1ccccc1C)[C@H]1Cc4ccc(O)c5c4[C@@]3(CC[N+]1(C)CC1CC1)[C@H]2O5. The Morgan fingerprint density at radius 2 is 1.95 bits per heavy atom. The van der Waals surface area contributed by atoms with Gasteiger partial charge in [-0.15, -0.1) is 0 Å². The molecule has 2 aliphatic heterocycles. The molecule has 0 radical (unpaired) electrons. The van der Waals surface area contributed by atoms with Gasteiger partial charge in [-0.1, -0.05) is 30.3 Å². The number of methoxy groups -OCH3 is 1. The molecule has 4 bridgehead atoms. The summed E-state index contributed by atoms with van der Waals surface area (Å²) in [5, 5.41) is 11.0. The van der Waals surface area contributed by atoms with E-state index < -0.39 is 5.60 Å². The maximum Gasteiger partial charge on any atom is 0.165 e. The second-order valence-electron chi connectivity index (χ2n) is 13.9. The average Bonchev–Trinajstić information content (AvgIpc) is 3.64. The summed E-state index contributed by atoms with van der Waals surface area (Å²) in [4.78, 5) is 0. The average molecular weight is 517 g/mol. The topological polar surface area (TPSA) is 47.9 Å². The van der Waals surface area contributed by atoms with Gasteiger partial charge in [0, 0.05) is 42.8 Å². The summed E-state index contributed by atoms with van der Waals surface area (Å²) < 4.78 is 21.3. The zero-order valence-electron chi connectivity index (χ0n) is 23.2. The number of quaternary nitrogens is 1. The van der Waals surface area contributed by atoms with Crippen molar-refractivity contribution in [1.82, 2.24) is 0 Å². The number of hydrogen-bond acceptors (Lipinski definition) is 4. The Labute approximate surface area is 226 Å². The number of aromatic hydroxyl groups is 1. The molecule has 5 aliphatic carbocycles. The third-order valence-electron chi connectivity index (χ3n) is 12.4. The highest BCUT2D eigenvalue weighted by molar-refractivity contribution is 5.62. The second kappa shape index (κ2) is 7.77. The predicted octanol–water partition coefficient (Wildman–Crippen LogP) is 5.29. The number of hydrogen-bond donors (Lipinski definition) is 1. The van der Waals surface area contributed by atoms with E-state index in [9.17, 15) is 5.11 Å². The molecule has 5 fully saturated rings. The smallest absolute Gasteiger partial charge is 0.165 e. The Kier molecular flexibility index (Phi) is 4.86. The number of aryl methyl sites for hydroxylation is 1. The molecule has 7 aliphatic rings. The van der Waals surface area contributed by atoms with E-state index in [1.807, 2.05) is 13.2 Å². The number of nitrogens with zero attached hydrogens (tertiary/aromatic N) is 1. The molecule has 1 saturated heterocycles. The van der Waals surface area contributed by atoms with Gasteiger partial charge in [0.15, 0.2) is 11.5 Å². The van der Waals surface area contributed by atoms with E-state index in [0.717, 1.165) is 37.4 Å². The largest absolute Gasteiger partial charge is 0.504 e. The normalized spacial score (nSPS) is 41.6. The van der Waals surface area contributed by atoms with E-state index in [1.165, 1.54) is 59.1 Å². The Morgan fingerprint density at radius 3 is 2.74 bits per heavy atom. The Hall–Kier alpha value is -2.08. The van der Waals surface area contributed by atoms with Crippen LogP contribution in [-0.4, -0.2) is 61.2 Å². The van der Waals surface area contributed by atoms with Crippen molar-refractivity contribution in [3.8, 4) is 11.5 Å². The van der Waals surface area contributed by atoms with Crippen LogP contribution in [0.4, 0.5) is 0 Å². The first-order chi connectivity index (χ1) is 18.4. The quantitative estimate of drug-likeness (QED) is 0.509. The molecule has 4 saturated carbocycles. The minimum absolute atomic E-state index is 0.0610. The summed E-state index contributed by atoms with van der Waals surface area (Å²) in [6.07, 6.45) is 8.30. The van der Waals surface area contributed by atoms with Crippen LogP contribution in [0.15, 0.2) is 36.4 Å². The monoisotopic (exact) mass is 516 g/mol. The first-order valence-electron chi connectivity index (χ1n) is 14.9. The Balaban J connectivity index is 1.23. The van der Waals surface area contributed by atoms with Crippen LogP contribution < -0.4 is 4.74 Å². The van der Waals surface area contributed by atoms with Gasteiger partial charge in [0.2, 0.25) is 0 Å². The summed E-state index contributed by atoms with van der Waals surface area (Å²) in [6, 6.07) is 13.2. The molecule has 5 nitrogen and oxygen atoms in total. The number of likely N-dealkylation sites (N-methyl/N-ethyl adjacent to an activating group) is 1. The highest BCUT2D eigenvalue weighted by Gasteiger charge is 2.83. The van der Waals surface area contributed by atoms with Gasteiger partial charge in [-0.3, -0.25) is 0 Å². The highest BCUT2D eigenvalue weighted by Crippen LogP contribution is 2.77. The number of rotatable bonds is 7. The molecule has 0 amide bonds. The third-order valence-corrected chi connectivity index (χ3v) is 12.4. The first-order valence-corrected chi connectivity index (χ1v) is 14.9. The van der Waals surface area contributed by atoms with Crippen molar-refractivity contribution >= 4 is 0 Å². The number of piperidine rings is 1. The number of benzene rings is 2. The van der Waals surface area contributed by atoms with E-state index in [2.05, 4.69) is 44.3 Å². The first kappa shape index (κ1) is 23.8. The fourth-order valence-corrected chi connectivity index (χ4v) is 10.5. The van der Waals surface area contributed by atoms with Gasteiger partial charge >= 0.3 is 0 Å². The van der Waals surface area contributed by atoms with Crippen LogP contribution in [0.1, 0.15) is 60.8 Å². The summed E-state index contributed by atoms with van der Waals surface area (Å²) >= 11 is 0. The van der Waals surface area contributed by atoms with Gasteiger partial charge in [0.25, 0.3) is 0 Å². The second-order valence-corrected chi connectivity index (χ2v) is 13.9. The van der Waals surface area contributed by atoms with E-state index in [0.29, 0.717) is 25.0 Å². The van der Waals surface area contributed by atoms with Crippen LogP contribution in [0, 0.1) is 24.2 Å². The van der Waals surface area contributed by atoms with Crippen LogP contribution in [0.5, 0.6) is 11.5 Å². The zero-order valence-corrected chi connectivity index (χ0v) is 23.2. The van der Waals surface area contributed by atoms with E-state index in [1.54, 1.807) is 0 Å². The Bertz CT molecular complexity index is 1310. The highest BCUT2D eigenvalue weighted by atomic mass is 16.6. The molecule has 0 aromatic heterocycles. The van der Waals surface area contributed by atoms with Crippen LogP contribution in [0.25, 0.3) is 0 Å². The molecule has 202 valence electrons. The maximum absolute atomic E-state index is 11.0. The lowest BCUT2D eigenvalue weighted by atomic mass is 9.34. The lowest BCUT2D eigenvalue weighted by Gasteiger charge is -2.74. The zero-order chi connectivity index (χ0) is 25.9. The lowest BCUT2D eigenvalue weighted by Crippen LogP contribution is -2.83. The van der Waals surface area contributed by atoms with Gasteiger partial charge in [-0.2, -0.15) is 0 Å². The van der Waals surface area contributed by atoms with E-state index in [-0.39, 0.29) is 22.9 Å². The van der Waals surface area contributed by atoms with Crippen molar-refractivity contribution in [2.75, 3.05) is 33.9 Å². The molecule has 7 atom stereocenters. The minimum Gasteiger partial charge on any atom is -0.504 e. The van der Waals surface area contributed by atoms with E-state index >= 15 is 0 Å². The minimum atomic E-state index is -0.394. The molecule has 2 aromatic carbocycles. The number of phenolic OH excluding ortho intramolecular Hbond substituents is 1. The summed E-state index contributed by atoms with van der Waals surface area (Å²) in [6.45, 7) is 6.00. The van der Waals surface area contributed by atoms with Crippen molar-refractivity contribution in [1.29, 1.82) is 0 Å². The molecule has 2 spiro atoms. The maximum atomic E-state index is 11.0. The van der Waals surface area contributed by atoms with Crippen LogP contribution in [0.3, 0.4) is 0 Å². The number of phenols is 1.